The monoisotopic (exact) mass is 238 g/mol. The summed E-state index contributed by atoms with van der Waals surface area (Å²) in [4.78, 5) is 25.0. The summed E-state index contributed by atoms with van der Waals surface area (Å²) >= 11 is 0. The summed E-state index contributed by atoms with van der Waals surface area (Å²) in [5, 5.41) is 9.14. The molecule has 6 nitrogen and oxygen atoms in total. The smallest absolute Gasteiger partial charge is 0.330 e. The highest BCUT2D eigenvalue weighted by Crippen LogP contribution is 2.27. The number of rotatable bonds is 2. The summed E-state index contributed by atoms with van der Waals surface area (Å²) in [6, 6.07) is 0. The number of hydrogen-bond acceptors (Lipinski definition) is 4. The Morgan fingerprint density at radius 3 is 2.88 bits per heavy atom. The van der Waals surface area contributed by atoms with E-state index in [0.717, 1.165) is 0 Å². The van der Waals surface area contributed by atoms with Gasteiger partial charge in [-0.1, -0.05) is 6.08 Å². The minimum Gasteiger partial charge on any atom is -0.393 e. The van der Waals surface area contributed by atoms with Gasteiger partial charge < -0.3 is 9.84 Å². The van der Waals surface area contributed by atoms with Crippen molar-refractivity contribution in [1.82, 2.24) is 9.55 Å². The third-order valence-corrected chi connectivity index (χ3v) is 2.74. The van der Waals surface area contributed by atoms with Gasteiger partial charge in [-0.05, 0) is 19.9 Å². The van der Waals surface area contributed by atoms with Crippen molar-refractivity contribution in [3.63, 3.8) is 0 Å². The predicted octanol–water partition coefficient (Wildman–Crippen LogP) is -0.319. The average Bonchev–Trinajstić information content (AvgIpc) is 2.67. The summed E-state index contributed by atoms with van der Waals surface area (Å²) in [5.41, 5.74) is -1.29. The molecule has 1 aromatic heterocycles. The molecule has 0 aliphatic carbocycles. The Bertz CT molecular complexity index is 572. The molecule has 0 bridgehead atoms. The van der Waals surface area contributed by atoms with E-state index >= 15 is 0 Å². The van der Waals surface area contributed by atoms with Gasteiger partial charge >= 0.3 is 5.69 Å². The van der Waals surface area contributed by atoms with Crippen LogP contribution in [0.25, 0.3) is 0 Å². The van der Waals surface area contributed by atoms with E-state index in [9.17, 15) is 9.59 Å². The lowest BCUT2D eigenvalue weighted by molar-refractivity contribution is -0.0731. The number of nitrogens with one attached hydrogen (secondary N) is 1. The van der Waals surface area contributed by atoms with Gasteiger partial charge in [-0.15, -0.1) is 0 Å². The molecule has 0 spiro atoms. The first kappa shape index (κ1) is 11.8. The molecule has 6 heteroatoms. The predicted molar refractivity (Wildman–Crippen MR) is 60.8 cm³/mol. The van der Waals surface area contributed by atoms with Gasteiger partial charge in [-0.3, -0.25) is 14.3 Å². The van der Waals surface area contributed by atoms with Crippen molar-refractivity contribution in [2.75, 3.05) is 6.61 Å². The van der Waals surface area contributed by atoms with Crippen molar-refractivity contribution in [1.29, 1.82) is 0 Å². The zero-order chi connectivity index (χ0) is 12.6. The van der Waals surface area contributed by atoms with Crippen molar-refractivity contribution in [2.24, 2.45) is 0 Å². The van der Waals surface area contributed by atoms with Gasteiger partial charge in [0.1, 0.15) is 5.60 Å². The van der Waals surface area contributed by atoms with E-state index < -0.39 is 23.1 Å². The molecule has 2 N–H and O–H groups in total. The molecule has 1 aliphatic rings. The Labute approximate surface area is 97.2 Å². The standard InChI is InChI=1S/C11H14N2O4/c1-7-5-13(10(16)12-9(7)15)8-3-4-11(2,6-14)17-8/h3-5,8,14H,6H2,1-2H3,(H,12,15,16)/t8-,11-/m0/s1. The van der Waals surface area contributed by atoms with E-state index in [2.05, 4.69) is 4.98 Å². The number of aliphatic hydroxyl groups excluding tert-OH is 1. The minimum absolute atomic E-state index is 0.170. The highest BCUT2D eigenvalue weighted by atomic mass is 16.5. The van der Waals surface area contributed by atoms with E-state index in [1.54, 1.807) is 26.0 Å². The second kappa shape index (κ2) is 3.97. The average molecular weight is 238 g/mol. The number of aliphatic hydroxyl groups is 1. The quantitative estimate of drug-likeness (QED) is 0.692. The fraction of sp³-hybridized carbons (Fsp3) is 0.455. The molecule has 2 rings (SSSR count). The van der Waals surface area contributed by atoms with Crippen LogP contribution in [-0.4, -0.2) is 26.9 Å². The van der Waals surface area contributed by atoms with Crippen LogP contribution in [0.5, 0.6) is 0 Å². The lowest BCUT2D eigenvalue weighted by atomic mass is 10.1. The number of aromatic amines is 1. The van der Waals surface area contributed by atoms with Crippen molar-refractivity contribution >= 4 is 0 Å². The van der Waals surface area contributed by atoms with Gasteiger partial charge in [0.15, 0.2) is 6.23 Å². The van der Waals surface area contributed by atoms with Crippen molar-refractivity contribution in [3.05, 3.63) is 44.8 Å². The Hall–Kier alpha value is -1.66. The summed E-state index contributed by atoms with van der Waals surface area (Å²) in [5.74, 6) is 0. The van der Waals surface area contributed by atoms with E-state index in [4.69, 9.17) is 9.84 Å². The zero-order valence-electron chi connectivity index (χ0n) is 9.64. The number of aromatic nitrogens is 2. The fourth-order valence-corrected chi connectivity index (χ4v) is 1.65. The van der Waals surface area contributed by atoms with Crippen LogP contribution >= 0.6 is 0 Å². The molecule has 2 atom stereocenters. The van der Waals surface area contributed by atoms with E-state index in [1.807, 2.05) is 0 Å². The van der Waals surface area contributed by atoms with E-state index in [1.165, 1.54) is 10.8 Å². The van der Waals surface area contributed by atoms with E-state index in [0.29, 0.717) is 5.56 Å². The first-order chi connectivity index (χ1) is 7.95. The highest BCUT2D eigenvalue weighted by Gasteiger charge is 2.31. The van der Waals surface area contributed by atoms with Gasteiger partial charge in [-0.25, -0.2) is 4.79 Å². The third kappa shape index (κ3) is 2.09. The molecule has 92 valence electrons. The number of aryl methyl sites for hydroxylation is 1. The molecular weight excluding hydrogens is 224 g/mol. The van der Waals surface area contributed by atoms with Gasteiger partial charge in [0, 0.05) is 11.8 Å². The molecule has 1 aromatic rings. The second-order valence-corrected chi connectivity index (χ2v) is 4.32. The molecular formula is C11H14N2O4. The van der Waals surface area contributed by atoms with E-state index in [-0.39, 0.29) is 6.61 Å². The molecule has 0 saturated heterocycles. The fourth-order valence-electron chi connectivity index (χ4n) is 1.65. The number of H-pyrrole nitrogens is 1. The largest absolute Gasteiger partial charge is 0.393 e. The third-order valence-electron chi connectivity index (χ3n) is 2.74. The highest BCUT2D eigenvalue weighted by molar-refractivity contribution is 5.10. The molecule has 0 unspecified atom stereocenters. The van der Waals surface area contributed by atoms with Crippen LogP contribution in [0.15, 0.2) is 27.9 Å². The first-order valence-electron chi connectivity index (χ1n) is 5.25. The number of ether oxygens (including phenoxy) is 1. The van der Waals surface area contributed by atoms with Crippen molar-refractivity contribution < 1.29 is 9.84 Å². The number of hydrogen-bond donors (Lipinski definition) is 2. The second-order valence-electron chi connectivity index (χ2n) is 4.32. The van der Waals surface area contributed by atoms with Crippen LogP contribution in [0.4, 0.5) is 0 Å². The Morgan fingerprint density at radius 1 is 1.59 bits per heavy atom. The number of nitrogens with zero attached hydrogens (tertiary/aromatic N) is 1. The normalized spacial score (nSPS) is 27.6. The molecule has 0 aromatic carbocycles. The van der Waals surface area contributed by atoms with Crippen LogP contribution in [0.2, 0.25) is 0 Å². The molecule has 0 fully saturated rings. The van der Waals surface area contributed by atoms with Crippen LogP contribution in [0.3, 0.4) is 0 Å². The molecule has 0 radical (unpaired) electrons. The van der Waals surface area contributed by atoms with Crippen molar-refractivity contribution in [3.8, 4) is 0 Å². The van der Waals surface area contributed by atoms with Gasteiger partial charge in [0.05, 0.1) is 6.61 Å². The van der Waals surface area contributed by atoms with Crippen LogP contribution in [0.1, 0.15) is 18.7 Å². The lowest BCUT2D eigenvalue weighted by Gasteiger charge is -2.22. The zero-order valence-corrected chi connectivity index (χ0v) is 9.64. The topological polar surface area (TPSA) is 84.3 Å². The van der Waals surface area contributed by atoms with Crippen LogP contribution < -0.4 is 11.2 Å². The van der Waals surface area contributed by atoms with Gasteiger partial charge in [-0.2, -0.15) is 0 Å². The lowest BCUT2D eigenvalue weighted by Crippen LogP contribution is -2.35. The van der Waals surface area contributed by atoms with Crippen molar-refractivity contribution in [2.45, 2.75) is 25.7 Å². The minimum atomic E-state index is -0.784. The van der Waals surface area contributed by atoms with Crippen LogP contribution in [0, 0.1) is 6.92 Å². The maximum Gasteiger partial charge on any atom is 0.330 e. The molecule has 1 aliphatic heterocycles. The van der Waals surface area contributed by atoms with Crippen LogP contribution in [-0.2, 0) is 4.74 Å². The maximum absolute atomic E-state index is 11.6. The van der Waals surface area contributed by atoms with Gasteiger partial charge in [0.25, 0.3) is 5.56 Å². The van der Waals surface area contributed by atoms with Gasteiger partial charge in [0.2, 0.25) is 0 Å². The molecule has 2 heterocycles. The Kier molecular flexibility index (Phi) is 2.76. The summed E-state index contributed by atoms with van der Waals surface area (Å²) in [6.07, 6.45) is 4.22. The maximum atomic E-state index is 11.6. The molecule has 17 heavy (non-hydrogen) atoms. The Morgan fingerprint density at radius 2 is 2.29 bits per heavy atom. The Balaban J connectivity index is 2.39. The SMILES string of the molecule is Cc1cn([C@@H]2C=C[C@@](C)(CO)O2)c(=O)[nH]c1=O. The summed E-state index contributed by atoms with van der Waals surface area (Å²) in [7, 11) is 0. The molecule has 0 saturated carbocycles. The molecule has 0 amide bonds. The first-order valence-corrected chi connectivity index (χ1v) is 5.25. The summed E-state index contributed by atoms with van der Waals surface area (Å²) in [6.45, 7) is 3.16. The summed E-state index contributed by atoms with van der Waals surface area (Å²) < 4.78 is 6.83.